The van der Waals surface area contributed by atoms with Crippen molar-refractivity contribution in [1.82, 2.24) is 9.97 Å². The van der Waals surface area contributed by atoms with E-state index in [4.69, 9.17) is 4.98 Å². The maximum absolute atomic E-state index is 4.71. The molecular formula is C52H30N2. The molecule has 2 heteroatoms. The van der Waals surface area contributed by atoms with E-state index in [-0.39, 0.29) is 0 Å². The number of nitrogens with zero attached hydrogens (tertiary/aromatic N) is 2. The Morgan fingerprint density at radius 1 is 0.259 bits per heavy atom. The van der Waals surface area contributed by atoms with Gasteiger partial charge in [0.25, 0.3) is 0 Å². The molecule has 0 amide bonds. The summed E-state index contributed by atoms with van der Waals surface area (Å²) in [7, 11) is 0. The summed E-state index contributed by atoms with van der Waals surface area (Å²) in [5, 5.41) is 17.8. The Balaban J connectivity index is 1.02. The lowest BCUT2D eigenvalue weighted by Gasteiger charge is -2.18. The number of hydrogen-bond acceptors (Lipinski definition) is 2. The molecule has 2 aromatic heterocycles. The van der Waals surface area contributed by atoms with Crippen LogP contribution in [0, 0.1) is 0 Å². The van der Waals surface area contributed by atoms with Gasteiger partial charge in [0.15, 0.2) is 0 Å². The number of aromatic nitrogens is 2. The Labute approximate surface area is 310 Å². The average Bonchev–Trinajstić information content (AvgIpc) is 3.24. The van der Waals surface area contributed by atoms with Crippen molar-refractivity contribution in [2.24, 2.45) is 0 Å². The highest BCUT2D eigenvalue weighted by molar-refractivity contribution is 6.38. The van der Waals surface area contributed by atoms with Crippen LogP contribution in [0.1, 0.15) is 0 Å². The number of benzene rings is 9. The van der Waals surface area contributed by atoms with Crippen molar-refractivity contribution < 1.29 is 0 Å². The first-order valence-corrected chi connectivity index (χ1v) is 18.6. The van der Waals surface area contributed by atoms with Gasteiger partial charge in [0.2, 0.25) is 0 Å². The molecule has 2 nitrogen and oxygen atoms in total. The monoisotopic (exact) mass is 682 g/mol. The van der Waals surface area contributed by atoms with E-state index in [0.29, 0.717) is 0 Å². The molecule has 54 heavy (non-hydrogen) atoms. The standard InChI is InChI=1S/C52H30N2/c1-7-35-25-26-36-8-2-12-41-42-14-4-15-43-45(29-37-9-3-13-40(49(37)50(42)43)39(11-1)47(35)48(36)41)33-21-17-31(18-22-33)32-19-23-34(24-20-32)46-30-38-10-5-27-53-51(38)52-44(46)16-6-28-54-52/h1-30H. The second-order valence-electron chi connectivity index (χ2n) is 14.5. The maximum Gasteiger partial charge on any atom is 0.0970 e. The topological polar surface area (TPSA) is 25.8 Å². The molecule has 0 fully saturated rings. The third kappa shape index (κ3) is 4.17. The van der Waals surface area contributed by atoms with Gasteiger partial charge in [-0.3, -0.25) is 9.97 Å². The second kappa shape index (κ2) is 11.2. The highest BCUT2D eigenvalue weighted by atomic mass is 14.7. The fraction of sp³-hybridized carbons (Fsp3) is 0. The van der Waals surface area contributed by atoms with Crippen LogP contribution in [0.5, 0.6) is 0 Å². The van der Waals surface area contributed by atoms with Gasteiger partial charge in [-0.1, -0.05) is 146 Å². The van der Waals surface area contributed by atoms with Crippen LogP contribution in [0.15, 0.2) is 182 Å². The Kier molecular flexibility index (Phi) is 6.09. The van der Waals surface area contributed by atoms with Crippen LogP contribution in [0.4, 0.5) is 0 Å². The minimum absolute atomic E-state index is 0.936. The van der Waals surface area contributed by atoms with Crippen LogP contribution in [0.25, 0.3) is 120 Å². The fourth-order valence-corrected chi connectivity index (χ4v) is 9.24. The molecule has 0 aliphatic heterocycles. The molecule has 0 atom stereocenters. The minimum Gasteiger partial charge on any atom is -0.254 e. The molecule has 10 aromatic carbocycles. The molecule has 0 aliphatic rings. The molecule has 0 saturated carbocycles. The normalized spacial score (nSPS) is 12.1. The van der Waals surface area contributed by atoms with E-state index >= 15 is 0 Å². The summed E-state index contributed by atoms with van der Waals surface area (Å²) >= 11 is 0. The van der Waals surface area contributed by atoms with Crippen molar-refractivity contribution >= 4 is 86.4 Å². The van der Waals surface area contributed by atoms with Crippen LogP contribution < -0.4 is 0 Å². The zero-order chi connectivity index (χ0) is 35.3. The predicted octanol–water partition coefficient (Wildman–Crippen LogP) is 14.1. The lowest BCUT2D eigenvalue weighted by Crippen LogP contribution is -1.90. The molecule has 0 aliphatic carbocycles. The van der Waals surface area contributed by atoms with Gasteiger partial charge in [0, 0.05) is 23.2 Å². The Morgan fingerprint density at radius 3 is 1.30 bits per heavy atom. The van der Waals surface area contributed by atoms with Crippen molar-refractivity contribution in [3.05, 3.63) is 182 Å². The van der Waals surface area contributed by atoms with Crippen molar-refractivity contribution in [1.29, 1.82) is 0 Å². The highest BCUT2D eigenvalue weighted by Crippen LogP contribution is 2.45. The summed E-state index contributed by atoms with van der Waals surface area (Å²) in [4.78, 5) is 9.35. The average molecular weight is 683 g/mol. The first-order valence-electron chi connectivity index (χ1n) is 18.6. The van der Waals surface area contributed by atoms with Crippen molar-refractivity contribution in [3.8, 4) is 33.4 Å². The zero-order valence-electron chi connectivity index (χ0n) is 29.2. The van der Waals surface area contributed by atoms with Crippen LogP contribution in [0.3, 0.4) is 0 Å². The van der Waals surface area contributed by atoms with Gasteiger partial charge >= 0.3 is 0 Å². The third-order valence-electron chi connectivity index (χ3n) is 11.7. The van der Waals surface area contributed by atoms with Gasteiger partial charge in [0.1, 0.15) is 0 Å². The molecule has 0 radical (unpaired) electrons. The predicted molar refractivity (Wildman–Crippen MR) is 230 cm³/mol. The number of pyridine rings is 2. The molecule has 0 spiro atoms. The number of hydrogen-bond donors (Lipinski definition) is 0. The van der Waals surface area contributed by atoms with E-state index in [1.54, 1.807) is 0 Å². The van der Waals surface area contributed by atoms with Crippen LogP contribution in [0.2, 0.25) is 0 Å². The Hall–Kier alpha value is -7.16. The summed E-state index contributed by atoms with van der Waals surface area (Å²) in [5.74, 6) is 0. The molecule has 0 unspecified atom stereocenters. The first-order chi connectivity index (χ1) is 26.8. The molecule has 0 bridgehead atoms. The summed E-state index contributed by atoms with van der Waals surface area (Å²) in [6.45, 7) is 0. The number of rotatable bonds is 3. The molecule has 0 saturated heterocycles. The second-order valence-corrected chi connectivity index (χ2v) is 14.5. The lowest BCUT2D eigenvalue weighted by molar-refractivity contribution is 1.37. The van der Waals surface area contributed by atoms with Crippen molar-refractivity contribution in [3.63, 3.8) is 0 Å². The molecule has 2 heterocycles. The Bertz CT molecular complexity index is 3470. The Morgan fingerprint density at radius 2 is 0.667 bits per heavy atom. The fourth-order valence-electron chi connectivity index (χ4n) is 9.24. The molecule has 248 valence electrons. The van der Waals surface area contributed by atoms with Gasteiger partial charge in [-0.25, -0.2) is 0 Å². The summed E-state index contributed by atoms with van der Waals surface area (Å²) < 4.78 is 0. The van der Waals surface area contributed by atoms with Crippen LogP contribution in [-0.2, 0) is 0 Å². The van der Waals surface area contributed by atoms with E-state index in [0.717, 1.165) is 21.8 Å². The van der Waals surface area contributed by atoms with Gasteiger partial charge in [-0.15, -0.1) is 0 Å². The summed E-state index contributed by atoms with van der Waals surface area (Å²) in [6.07, 6.45) is 3.69. The molecule has 0 N–H and O–H groups in total. The van der Waals surface area contributed by atoms with Crippen LogP contribution >= 0.6 is 0 Å². The SMILES string of the molecule is c1cnc2c(c1)cc(-c1ccc(-c3ccc(-c4cc5cccc6c7cccc8ccc9cccc(c%10cccc4c%10c56)c9c87)cc3)cc1)c1cccnc12. The van der Waals surface area contributed by atoms with Crippen molar-refractivity contribution in [2.75, 3.05) is 0 Å². The zero-order valence-corrected chi connectivity index (χ0v) is 29.2. The van der Waals surface area contributed by atoms with E-state index in [1.165, 1.54) is 98.0 Å². The molecular weight excluding hydrogens is 653 g/mol. The highest BCUT2D eigenvalue weighted by Gasteiger charge is 2.18. The lowest BCUT2D eigenvalue weighted by atomic mass is 9.85. The molecule has 12 rings (SSSR count). The van der Waals surface area contributed by atoms with E-state index in [1.807, 2.05) is 24.5 Å². The van der Waals surface area contributed by atoms with Crippen LogP contribution in [-0.4, -0.2) is 9.97 Å². The van der Waals surface area contributed by atoms with E-state index in [9.17, 15) is 0 Å². The van der Waals surface area contributed by atoms with Crippen molar-refractivity contribution in [2.45, 2.75) is 0 Å². The van der Waals surface area contributed by atoms with E-state index < -0.39 is 0 Å². The summed E-state index contributed by atoms with van der Waals surface area (Å²) in [5.41, 5.74) is 9.06. The first kappa shape index (κ1) is 29.4. The summed E-state index contributed by atoms with van der Waals surface area (Å²) in [6, 6.07) is 62.7. The van der Waals surface area contributed by atoms with Gasteiger partial charge in [0.05, 0.1) is 11.0 Å². The quantitative estimate of drug-likeness (QED) is 0.173. The molecule has 12 aromatic rings. The van der Waals surface area contributed by atoms with Gasteiger partial charge in [-0.05, 0) is 122 Å². The number of fused-ring (bicyclic) bond motifs is 5. The third-order valence-corrected chi connectivity index (χ3v) is 11.7. The van der Waals surface area contributed by atoms with Gasteiger partial charge < -0.3 is 0 Å². The largest absolute Gasteiger partial charge is 0.254 e. The minimum atomic E-state index is 0.936. The smallest absolute Gasteiger partial charge is 0.0970 e. The van der Waals surface area contributed by atoms with Gasteiger partial charge in [-0.2, -0.15) is 0 Å². The maximum atomic E-state index is 4.71. The van der Waals surface area contributed by atoms with E-state index in [2.05, 4.69) is 163 Å².